The molecule has 2 nitrogen and oxygen atoms in total. The van der Waals surface area contributed by atoms with Crippen LogP contribution in [0.2, 0.25) is 0 Å². The van der Waals surface area contributed by atoms with Crippen molar-refractivity contribution in [2.45, 2.75) is 46.0 Å². The van der Waals surface area contributed by atoms with Gasteiger partial charge in [-0.3, -0.25) is 0 Å². The van der Waals surface area contributed by atoms with Gasteiger partial charge in [-0.05, 0) is 31.4 Å². The molecule has 0 N–H and O–H groups in total. The van der Waals surface area contributed by atoms with E-state index >= 15 is 0 Å². The molecular weight excluding hydrogens is 176 g/mol. The van der Waals surface area contributed by atoms with Gasteiger partial charge in [-0.15, -0.1) is 0 Å². The Bertz CT molecular complexity index is 287. The average molecular weight is 194 g/mol. The number of hydrogen-bond acceptors (Lipinski definition) is 2. The lowest BCUT2D eigenvalue weighted by Gasteiger charge is -1.95. The summed E-state index contributed by atoms with van der Waals surface area (Å²) in [4.78, 5) is 10.2. The van der Waals surface area contributed by atoms with Gasteiger partial charge in [-0.2, -0.15) is 0 Å². The van der Waals surface area contributed by atoms with Gasteiger partial charge >= 0.3 is 0 Å². The molecule has 0 spiro atoms. The van der Waals surface area contributed by atoms with Gasteiger partial charge in [0.2, 0.25) is 0 Å². The first-order valence-electron chi connectivity index (χ1n) is 5.29. The molecule has 1 heterocycles. The van der Waals surface area contributed by atoms with Crippen LogP contribution in [0.25, 0.3) is 0 Å². The molecule has 0 aliphatic heterocycles. The third-order valence-electron chi connectivity index (χ3n) is 2.29. The summed E-state index contributed by atoms with van der Waals surface area (Å²) in [6.45, 7) is 4.21. The Morgan fingerprint density at radius 2 is 2.21 bits per heavy atom. The first-order chi connectivity index (χ1) is 6.77. The largest absolute Gasteiger partial charge is 0.466 e. The molecule has 0 aliphatic carbocycles. The molecule has 1 aromatic rings. The highest BCUT2D eigenvalue weighted by Gasteiger charge is 2.06. The van der Waals surface area contributed by atoms with Crippen LogP contribution in [-0.2, 0) is 17.6 Å². The summed E-state index contributed by atoms with van der Waals surface area (Å²) >= 11 is 0. The summed E-state index contributed by atoms with van der Waals surface area (Å²) in [6.07, 6.45) is 5.49. The number of unbranched alkanes of at least 4 members (excludes halogenated alkanes) is 1. The normalized spacial score (nSPS) is 10.4. The van der Waals surface area contributed by atoms with Gasteiger partial charge in [0, 0.05) is 19.3 Å². The Balaban J connectivity index is 2.53. The minimum Gasteiger partial charge on any atom is -0.466 e. The van der Waals surface area contributed by atoms with E-state index in [-0.39, 0.29) is 0 Å². The van der Waals surface area contributed by atoms with Crippen LogP contribution in [0.3, 0.4) is 0 Å². The van der Waals surface area contributed by atoms with Crippen molar-refractivity contribution in [2.24, 2.45) is 0 Å². The fraction of sp³-hybridized carbons (Fsp3) is 0.583. The fourth-order valence-electron chi connectivity index (χ4n) is 1.55. The topological polar surface area (TPSA) is 30.2 Å². The van der Waals surface area contributed by atoms with Crippen LogP contribution in [-0.4, -0.2) is 6.29 Å². The highest BCUT2D eigenvalue weighted by Crippen LogP contribution is 2.17. The standard InChI is InChI=1S/C12H18O2/c1-3-6-11-9-10(2)12(14-11)7-4-5-8-13/h8-9H,3-7H2,1-2H3. The van der Waals surface area contributed by atoms with Gasteiger partial charge in [0.05, 0.1) is 0 Å². The molecule has 1 rings (SSSR count). The van der Waals surface area contributed by atoms with Crippen LogP contribution in [0.5, 0.6) is 0 Å². The number of aldehydes is 1. The van der Waals surface area contributed by atoms with E-state index in [1.165, 1.54) is 5.56 Å². The second kappa shape index (κ2) is 5.63. The van der Waals surface area contributed by atoms with E-state index < -0.39 is 0 Å². The molecule has 1 aromatic heterocycles. The van der Waals surface area contributed by atoms with Gasteiger partial charge in [-0.25, -0.2) is 0 Å². The van der Waals surface area contributed by atoms with Crippen molar-refractivity contribution in [3.63, 3.8) is 0 Å². The van der Waals surface area contributed by atoms with Crippen LogP contribution < -0.4 is 0 Å². The van der Waals surface area contributed by atoms with Gasteiger partial charge in [-0.1, -0.05) is 6.92 Å². The maximum Gasteiger partial charge on any atom is 0.120 e. The molecule has 2 heteroatoms. The van der Waals surface area contributed by atoms with Crippen LogP contribution in [0, 0.1) is 6.92 Å². The van der Waals surface area contributed by atoms with Crippen molar-refractivity contribution in [2.75, 3.05) is 0 Å². The molecule has 0 radical (unpaired) electrons. The lowest BCUT2D eigenvalue weighted by molar-refractivity contribution is -0.107. The second-order valence-electron chi connectivity index (χ2n) is 3.63. The predicted molar refractivity (Wildman–Crippen MR) is 56.4 cm³/mol. The van der Waals surface area contributed by atoms with Crippen molar-refractivity contribution in [1.29, 1.82) is 0 Å². The number of rotatable bonds is 6. The lowest BCUT2D eigenvalue weighted by Crippen LogP contribution is -1.85. The number of aryl methyl sites for hydroxylation is 3. The van der Waals surface area contributed by atoms with Gasteiger partial charge < -0.3 is 9.21 Å². The fourth-order valence-corrected chi connectivity index (χ4v) is 1.55. The van der Waals surface area contributed by atoms with Crippen LogP contribution in [0.1, 0.15) is 43.3 Å². The zero-order valence-corrected chi connectivity index (χ0v) is 9.01. The lowest BCUT2D eigenvalue weighted by atomic mass is 10.1. The van der Waals surface area contributed by atoms with E-state index in [9.17, 15) is 4.79 Å². The second-order valence-corrected chi connectivity index (χ2v) is 3.63. The van der Waals surface area contributed by atoms with Crippen molar-refractivity contribution >= 4 is 6.29 Å². The van der Waals surface area contributed by atoms with Crippen LogP contribution in [0.15, 0.2) is 10.5 Å². The number of carbonyl (C=O) groups excluding carboxylic acids is 1. The number of hydrogen-bond donors (Lipinski definition) is 0. The summed E-state index contributed by atoms with van der Waals surface area (Å²) < 4.78 is 5.69. The van der Waals surface area contributed by atoms with E-state index in [0.717, 1.165) is 43.5 Å². The quantitative estimate of drug-likeness (QED) is 0.514. The molecule has 0 unspecified atom stereocenters. The highest BCUT2D eigenvalue weighted by molar-refractivity contribution is 5.49. The molecule has 14 heavy (non-hydrogen) atoms. The Hall–Kier alpha value is -1.05. The Morgan fingerprint density at radius 3 is 2.86 bits per heavy atom. The monoisotopic (exact) mass is 194 g/mol. The number of furan rings is 1. The molecule has 78 valence electrons. The average Bonchev–Trinajstić information content (AvgIpc) is 2.48. The molecular formula is C12H18O2. The van der Waals surface area contributed by atoms with Gasteiger partial charge in [0.15, 0.2) is 0 Å². The minimum absolute atomic E-state index is 0.628. The molecule has 0 saturated carbocycles. The molecule has 0 fully saturated rings. The first kappa shape index (κ1) is 11.0. The van der Waals surface area contributed by atoms with E-state index in [0.29, 0.717) is 6.42 Å². The maximum absolute atomic E-state index is 10.2. The zero-order chi connectivity index (χ0) is 10.4. The van der Waals surface area contributed by atoms with Gasteiger partial charge in [0.25, 0.3) is 0 Å². The molecule has 0 aliphatic rings. The van der Waals surface area contributed by atoms with Crippen LogP contribution in [0.4, 0.5) is 0 Å². The molecule has 0 aromatic carbocycles. The maximum atomic E-state index is 10.2. The smallest absolute Gasteiger partial charge is 0.120 e. The van der Waals surface area contributed by atoms with E-state index in [4.69, 9.17) is 4.42 Å². The molecule has 0 saturated heterocycles. The summed E-state index contributed by atoms with van der Waals surface area (Å²) in [5, 5.41) is 0. The Labute approximate surface area is 85.3 Å². The summed E-state index contributed by atoms with van der Waals surface area (Å²) in [5.41, 5.74) is 1.22. The van der Waals surface area contributed by atoms with Crippen LogP contribution >= 0.6 is 0 Å². The molecule has 0 atom stereocenters. The first-order valence-corrected chi connectivity index (χ1v) is 5.29. The zero-order valence-electron chi connectivity index (χ0n) is 9.01. The third-order valence-corrected chi connectivity index (χ3v) is 2.29. The Morgan fingerprint density at radius 1 is 1.43 bits per heavy atom. The number of carbonyl (C=O) groups is 1. The van der Waals surface area contributed by atoms with Crippen molar-refractivity contribution in [1.82, 2.24) is 0 Å². The van der Waals surface area contributed by atoms with Crippen molar-refractivity contribution < 1.29 is 9.21 Å². The highest BCUT2D eigenvalue weighted by atomic mass is 16.3. The Kier molecular flexibility index (Phi) is 4.44. The molecule has 0 amide bonds. The molecule has 0 bridgehead atoms. The summed E-state index contributed by atoms with van der Waals surface area (Å²) in [5.74, 6) is 2.13. The van der Waals surface area contributed by atoms with E-state index in [1.807, 2.05) is 0 Å². The third kappa shape index (κ3) is 3.02. The minimum atomic E-state index is 0.628. The van der Waals surface area contributed by atoms with Crippen molar-refractivity contribution in [3.05, 3.63) is 23.2 Å². The summed E-state index contributed by atoms with van der Waals surface area (Å²) in [7, 11) is 0. The van der Waals surface area contributed by atoms with E-state index in [2.05, 4.69) is 19.9 Å². The summed E-state index contributed by atoms with van der Waals surface area (Å²) in [6, 6.07) is 2.11. The SMILES string of the molecule is CCCc1cc(C)c(CCCC=O)o1. The van der Waals surface area contributed by atoms with Crippen molar-refractivity contribution in [3.8, 4) is 0 Å². The van der Waals surface area contributed by atoms with Gasteiger partial charge in [0.1, 0.15) is 17.8 Å². The van der Waals surface area contributed by atoms with E-state index in [1.54, 1.807) is 0 Å². The predicted octanol–water partition coefficient (Wildman–Crippen LogP) is 3.06.